The Morgan fingerprint density at radius 2 is 2.35 bits per heavy atom. The Kier molecular flexibility index (Phi) is 3.34. The quantitative estimate of drug-likeness (QED) is 0.719. The lowest BCUT2D eigenvalue weighted by molar-refractivity contribution is 0.0170. The zero-order valence-electron chi connectivity index (χ0n) is 12.2. The third-order valence-corrected chi connectivity index (χ3v) is 4.17. The lowest BCUT2D eigenvalue weighted by Crippen LogP contribution is -2.56. The van der Waals surface area contributed by atoms with Crippen LogP contribution >= 0.6 is 11.3 Å². The molecule has 0 atom stereocenters. The molecular weight excluding hydrogens is 318 g/mol. The summed E-state index contributed by atoms with van der Waals surface area (Å²) in [6, 6.07) is 3.41. The topological polar surface area (TPSA) is 86.3 Å². The highest BCUT2D eigenvalue weighted by atomic mass is 32.1. The van der Waals surface area contributed by atoms with Crippen LogP contribution in [0.25, 0.3) is 11.5 Å². The number of ether oxygens (including phenoxy) is 1. The van der Waals surface area contributed by atoms with Crippen molar-refractivity contribution < 1.29 is 14.1 Å². The summed E-state index contributed by atoms with van der Waals surface area (Å²) < 4.78 is 12.5. The second-order valence-corrected chi connectivity index (χ2v) is 6.06. The van der Waals surface area contributed by atoms with Gasteiger partial charge in [0.05, 0.1) is 13.1 Å². The molecule has 3 aromatic rings. The van der Waals surface area contributed by atoms with Crippen molar-refractivity contribution in [3.05, 3.63) is 35.6 Å². The number of carbonyl (C=O) groups is 1. The fourth-order valence-corrected chi connectivity index (χ4v) is 2.85. The van der Waals surface area contributed by atoms with Crippen molar-refractivity contribution in [1.29, 1.82) is 0 Å². The van der Waals surface area contributed by atoms with Gasteiger partial charge in [-0.2, -0.15) is 5.10 Å². The predicted octanol–water partition coefficient (Wildman–Crippen LogP) is 1.43. The Bertz CT molecular complexity index is 819. The molecule has 1 aliphatic rings. The normalized spacial score (nSPS) is 14.7. The van der Waals surface area contributed by atoms with Gasteiger partial charge >= 0.3 is 0 Å². The maximum Gasteiger partial charge on any atom is 0.276 e. The van der Waals surface area contributed by atoms with Crippen LogP contribution < -0.4 is 4.74 Å². The van der Waals surface area contributed by atoms with E-state index in [4.69, 9.17) is 9.26 Å². The third kappa shape index (κ3) is 2.70. The molecule has 1 fully saturated rings. The fourth-order valence-electron chi connectivity index (χ4n) is 2.29. The minimum Gasteiger partial charge on any atom is -0.463 e. The predicted molar refractivity (Wildman–Crippen MR) is 81.1 cm³/mol. The van der Waals surface area contributed by atoms with Gasteiger partial charge in [0.15, 0.2) is 11.5 Å². The largest absolute Gasteiger partial charge is 0.463 e. The Hall–Kier alpha value is -2.68. The highest BCUT2D eigenvalue weighted by Crippen LogP contribution is 2.23. The van der Waals surface area contributed by atoms with Crippen molar-refractivity contribution in [1.82, 2.24) is 24.8 Å². The van der Waals surface area contributed by atoms with E-state index in [-0.39, 0.29) is 17.7 Å². The van der Waals surface area contributed by atoms with Gasteiger partial charge in [-0.05, 0) is 6.07 Å². The number of thiazole rings is 1. The number of carbonyl (C=O) groups excluding carboxylic acids is 1. The van der Waals surface area contributed by atoms with Crippen LogP contribution in [0.4, 0.5) is 0 Å². The number of nitrogens with zero attached hydrogens (tertiary/aromatic N) is 5. The second kappa shape index (κ2) is 5.51. The van der Waals surface area contributed by atoms with Crippen molar-refractivity contribution >= 4 is 17.2 Å². The molecule has 0 radical (unpaired) electrons. The highest BCUT2D eigenvalue weighted by molar-refractivity contribution is 7.11. The van der Waals surface area contributed by atoms with E-state index in [1.54, 1.807) is 34.1 Å². The molecule has 0 aliphatic carbocycles. The minimum atomic E-state index is -0.171. The number of hydrogen-bond acceptors (Lipinski definition) is 7. The van der Waals surface area contributed by atoms with E-state index in [1.807, 2.05) is 12.4 Å². The summed E-state index contributed by atoms with van der Waals surface area (Å²) in [5.74, 6) is 0.306. The van der Waals surface area contributed by atoms with Gasteiger partial charge in [-0.25, -0.2) is 4.98 Å². The minimum absolute atomic E-state index is 0.0211. The third-order valence-electron chi connectivity index (χ3n) is 3.51. The number of aryl methyl sites for hydroxylation is 1. The molecule has 4 heterocycles. The first kappa shape index (κ1) is 13.9. The summed E-state index contributed by atoms with van der Waals surface area (Å²) in [6.45, 7) is 1.04. The molecule has 1 saturated heterocycles. The molecule has 0 unspecified atom stereocenters. The molecule has 1 amide bonds. The average Bonchev–Trinajstić information content (AvgIpc) is 3.22. The van der Waals surface area contributed by atoms with E-state index in [0.717, 1.165) is 0 Å². The zero-order valence-corrected chi connectivity index (χ0v) is 13.1. The van der Waals surface area contributed by atoms with Gasteiger partial charge in [0.25, 0.3) is 11.1 Å². The molecule has 23 heavy (non-hydrogen) atoms. The van der Waals surface area contributed by atoms with Crippen molar-refractivity contribution in [3.63, 3.8) is 0 Å². The van der Waals surface area contributed by atoms with Crippen LogP contribution in [0.5, 0.6) is 5.19 Å². The van der Waals surface area contributed by atoms with E-state index in [2.05, 4.69) is 15.2 Å². The maximum absolute atomic E-state index is 12.3. The molecule has 3 aromatic heterocycles. The van der Waals surface area contributed by atoms with Gasteiger partial charge in [0.2, 0.25) is 0 Å². The number of amides is 1. The number of aromatic nitrogens is 4. The molecule has 0 bridgehead atoms. The molecule has 4 rings (SSSR count). The molecule has 0 aromatic carbocycles. The first-order valence-corrected chi connectivity index (χ1v) is 7.89. The smallest absolute Gasteiger partial charge is 0.276 e. The zero-order chi connectivity index (χ0) is 15.8. The SMILES string of the molecule is Cn1ccc(-c2cc(C(=O)N3CC(Oc4nccs4)C3)no2)n1. The standard InChI is InChI=1S/C14H13N5O3S/c1-18-4-2-10(16-18)12-6-11(17-22-12)13(20)19-7-9(8-19)21-14-15-3-5-23-14/h2-6,9H,7-8H2,1H3. The molecule has 0 N–H and O–H groups in total. The van der Waals surface area contributed by atoms with Gasteiger partial charge in [-0.3, -0.25) is 9.48 Å². The molecule has 8 nitrogen and oxygen atoms in total. The molecule has 0 spiro atoms. The lowest BCUT2D eigenvalue weighted by Gasteiger charge is -2.37. The molecule has 1 aliphatic heterocycles. The van der Waals surface area contributed by atoms with Crippen molar-refractivity contribution in [2.45, 2.75) is 6.10 Å². The van der Waals surface area contributed by atoms with Crippen LogP contribution in [-0.2, 0) is 7.05 Å². The van der Waals surface area contributed by atoms with Crippen LogP contribution in [0.1, 0.15) is 10.5 Å². The Balaban J connectivity index is 1.38. The van der Waals surface area contributed by atoms with Gasteiger partial charge in [-0.15, -0.1) is 0 Å². The van der Waals surface area contributed by atoms with Gasteiger partial charge in [0.1, 0.15) is 11.8 Å². The summed E-state index contributed by atoms with van der Waals surface area (Å²) in [4.78, 5) is 18.1. The molecule has 0 saturated carbocycles. The van der Waals surface area contributed by atoms with Crippen LogP contribution in [0.3, 0.4) is 0 Å². The monoisotopic (exact) mass is 331 g/mol. The fraction of sp³-hybridized carbons (Fsp3) is 0.286. The van der Waals surface area contributed by atoms with E-state index in [1.165, 1.54) is 11.3 Å². The summed E-state index contributed by atoms with van der Waals surface area (Å²) >= 11 is 1.44. The second-order valence-electron chi connectivity index (χ2n) is 5.20. The van der Waals surface area contributed by atoms with Crippen LogP contribution in [0.15, 0.2) is 34.4 Å². The summed E-state index contributed by atoms with van der Waals surface area (Å²) in [7, 11) is 1.81. The van der Waals surface area contributed by atoms with Crippen molar-refractivity contribution in [3.8, 4) is 16.6 Å². The van der Waals surface area contributed by atoms with Crippen molar-refractivity contribution in [2.24, 2.45) is 7.05 Å². The van der Waals surface area contributed by atoms with Gasteiger partial charge in [0, 0.05) is 30.9 Å². The average molecular weight is 331 g/mol. The Labute approximate surface area is 135 Å². The van der Waals surface area contributed by atoms with Crippen LogP contribution in [0.2, 0.25) is 0 Å². The highest BCUT2D eigenvalue weighted by Gasteiger charge is 2.34. The lowest BCUT2D eigenvalue weighted by atomic mass is 10.1. The summed E-state index contributed by atoms with van der Waals surface area (Å²) in [5.41, 5.74) is 0.922. The Morgan fingerprint density at radius 3 is 3.04 bits per heavy atom. The number of rotatable bonds is 4. The molecular formula is C14H13N5O3S. The number of likely N-dealkylation sites (tertiary alicyclic amines) is 1. The van der Waals surface area contributed by atoms with Crippen LogP contribution in [0, 0.1) is 0 Å². The van der Waals surface area contributed by atoms with Gasteiger partial charge in [-0.1, -0.05) is 16.5 Å². The summed E-state index contributed by atoms with van der Waals surface area (Å²) in [6.07, 6.45) is 3.47. The number of hydrogen-bond donors (Lipinski definition) is 0. The van der Waals surface area contributed by atoms with E-state index in [0.29, 0.717) is 29.7 Å². The first-order valence-electron chi connectivity index (χ1n) is 7.01. The van der Waals surface area contributed by atoms with Gasteiger partial charge < -0.3 is 14.2 Å². The Morgan fingerprint density at radius 1 is 1.48 bits per heavy atom. The molecule has 9 heteroatoms. The molecule has 118 valence electrons. The van der Waals surface area contributed by atoms with E-state index < -0.39 is 0 Å². The van der Waals surface area contributed by atoms with E-state index in [9.17, 15) is 4.79 Å². The van der Waals surface area contributed by atoms with E-state index >= 15 is 0 Å². The summed E-state index contributed by atoms with van der Waals surface area (Å²) in [5, 5.41) is 10.5. The van der Waals surface area contributed by atoms with Crippen molar-refractivity contribution in [2.75, 3.05) is 13.1 Å². The maximum atomic E-state index is 12.3. The first-order chi connectivity index (χ1) is 11.2. The van der Waals surface area contributed by atoms with Crippen LogP contribution in [-0.4, -0.2) is 49.9 Å².